The average Bonchev–Trinajstić information content (AvgIpc) is 2.28. The van der Waals surface area contributed by atoms with E-state index in [1.807, 2.05) is 6.92 Å². The van der Waals surface area contributed by atoms with Gasteiger partial charge in [-0.2, -0.15) is 4.31 Å². The molecule has 6 heteroatoms. The first-order chi connectivity index (χ1) is 8.38. The Kier molecular flexibility index (Phi) is 6.04. The Morgan fingerprint density at radius 3 is 2.44 bits per heavy atom. The Morgan fingerprint density at radius 2 is 1.94 bits per heavy atom. The lowest BCUT2D eigenvalue weighted by molar-refractivity contribution is 0.288. The molecule has 0 aliphatic carbocycles. The van der Waals surface area contributed by atoms with Crippen LogP contribution in [0.5, 0.6) is 0 Å². The number of nitrogens with two attached hydrogens (primary N) is 1. The van der Waals surface area contributed by atoms with Gasteiger partial charge < -0.3 is 11.1 Å². The molecule has 1 aliphatic rings. The number of hydrogen-bond acceptors (Lipinski definition) is 4. The molecule has 0 aromatic heterocycles. The molecular weight excluding hydrogens is 250 g/mol. The van der Waals surface area contributed by atoms with Gasteiger partial charge in [0.05, 0.1) is 5.75 Å². The van der Waals surface area contributed by atoms with Crippen molar-refractivity contribution in [1.29, 1.82) is 0 Å². The van der Waals surface area contributed by atoms with Crippen LogP contribution in [0, 0.1) is 5.92 Å². The highest BCUT2D eigenvalue weighted by atomic mass is 32.2. The van der Waals surface area contributed by atoms with E-state index in [1.54, 1.807) is 4.31 Å². The summed E-state index contributed by atoms with van der Waals surface area (Å²) in [4.78, 5) is 0. The average molecular weight is 277 g/mol. The van der Waals surface area contributed by atoms with Crippen LogP contribution in [0.1, 0.15) is 33.6 Å². The topological polar surface area (TPSA) is 75.4 Å². The fourth-order valence-electron chi connectivity index (χ4n) is 2.32. The molecule has 0 spiro atoms. The normalized spacial score (nSPS) is 24.1. The molecule has 0 saturated carbocycles. The van der Waals surface area contributed by atoms with E-state index in [1.165, 1.54) is 0 Å². The van der Waals surface area contributed by atoms with Crippen LogP contribution >= 0.6 is 0 Å². The first kappa shape index (κ1) is 15.9. The maximum absolute atomic E-state index is 11.9. The molecule has 5 nitrogen and oxygen atoms in total. The van der Waals surface area contributed by atoms with Gasteiger partial charge in [-0.25, -0.2) is 8.42 Å². The first-order valence-electron chi connectivity index (χ1n) is 6.81. The zero-order valence-corrected chi connectivity index (χ0v) is 12.5. The molecule has 108 valence electrons. The van der Waals surface area contributed by atoms with E-state index < -0.39 is 10.0 Å². The van der Waals surface area contributed by atoms with E-state index in [9.17, 15) is 8.42 Å². The molecule has 0 radical (unpaired) electrons. The lowest BCUT2D eigenvalue weighted by atomic mass is 10.0. The largest absolute Gasteiger partial charge is 0.329 e. The van der Waals surface area contributed by atoms with Gasteiger partial charge in [0.15, 0.2) is 0 Å². The third-order valence-corrected chi connectivity index (χ3v) is 5.68. The van der Waals surface area contributed by atoms with Crippen molar-refractivity contribution in [2.75, 3.05) is 25.4 Å². The van der Waals surface area contributed by atoms with Crippen molar-refractivity contribution in [3.63, 3.8) is 0 Å². The minimum atomic E-state index is -3.04. The summed E-state index contributed by atoms with van der Waals surface area (Å²) < 4.78 is 25.5. The third kappa shape index (κ3) is 4.19. The summed E-state index contributed by atoms with van der Waals surface area (Å²) in [6, 6.07) is 0.253. The molecule has 18 heavy (non-hydrogen) atoms. The highest BCUT2D eigenvalue weighted by molar-refractivity contribution is 7.89. The maximum atomic E-state index is 11.9. The van der Waals surface area contributed by atoms with Crippen LogP contribution in [-0.2, 0) is 10.0 Å². The minimum absolute atomic E-state index is 0.00287. The highest BCUT2D eigenvalue weighted by Crippen LogP contribution is 2.16. The van der Waals surface area contributed by atoms with Crippen LogP contribution < -0.4 is 11.1 Å². The van der Waals surface area contributed by atoms with Crippen molar-refractivity contribution < 1.29 is 8.42 Å². The van der Waals surface area contributed by atoms with Crippen molar-refractivity contribution >= 4 is 10.0 Å². The summed E-state index contributed by atoms with van der Waals surface area (Å²) in [6.07, 6.45) is 1.75. The second kappa shape index (κ2) is 6.84. The van der Waals surface area contributed by atoms with Crippen molar-refractivity contribution in [3.8, 4) is 0 Å². The lowest BCUT2D eigenvalue weighted by Crippen LogP contribution is -2.51. The zero-order valence-electron chi connectivity index (χ0n) is 11.7. The highest BCUT2D eigenvalue weighted by Gasteiger charge is 2.30. The second-order valence-corrected chi connectivity index (χ2v) is 7.52. The third-order valence-electron chi connectivity index (χ3n) is 3.61. The van der Waals surface area contributed by atoms with Crippen LogP contribution in [0.4, 0.5) is 0 Å². The number of nitrogens with zero attached hydrogens (tertiary/aromatic N) is 1. The van der Waals surface area contributed by atoms with Gasteiger partial charge in [0.1, 0.15) is 0 Å². The molecule has 0 aromatic rings. The zero-order chi connectivity index (χ0) is 13.8. The minimum Gasteiger partial charge on any atom is -0.329 e. The number of sulfonamides is 1. The van der Waals surface area contributed by atoms with E-state index in [0.29, 0.717) is 31.3 Å². The standard InChI is InChI=1S/C12H27N3O2S/c1-10(2)12(8-13)14-9-11(3)15-6-4-5-7-18(15,16)17/h10-12,14H,4-9,13H2,1-3H3/t11-,12?/m0/s1. The number of nitrogens with one attached hydrogen (secondary N) is 1. The Hall–Kier alpha value is -0.170. The molecule has 0 aromatic carbocycles. The summed E-state index contributed by atoms with van der Waals surface area (Å²) in [5, 5.41) is 3.37. The quantitative estimate of drug-likeness (QED) is 0.736. The molecule has 1 unspecified atom stereocenters. The second-order valence-electron chi connectivity index (χ2n) is 5.48. The van der Waals surface area contributed by atoms with Gasteiger partial charge in [-0.1, -0.05) is 13.8 Å². The van der Waals surface area contributed by atoms with Crippen molar-refractivity contribution in [2.24, 2.45) is 11.7 Å². The van der Waals surface area contributed by atoms with Crippen LogP contribution in [0.3, 0.4) is 0 Å². The van der Waals surface area contributed by atoms with Gasteiger partial charge in [-0.05, 0) is 25.7 Å². The van der Waals surface area contributed by atoms with Crippen LogP contribution in [-0.4, -0.2) is 50.2 Å². The van der Waals surface area contributed by atoms with E-state index in [4.69, 9.17) is 5.73 Å². The Morgan fingerprint density at radius 1 is 1.28 bits per heavy atom. The summed E-state index contributed by atoms with van der Waals surface area (Å²) in [6.45, 7) is 8.10. The van der Waals surface area contributed by atoms with E-state index in [2.05, 4.69) is 19.2 Å². The molecule has 0 amide bonds. The summed E-state index contributed by atoms with van der Waals surface area (Å²) in [5.74, 6) is 0.752. The molecule has 1 saturated heterocycles. The van der Waals surface area contributed by atoms with Gasteiger partial charge in [-0.3, -0.25) is 0 Å². The van der Waals surface area contributed by atoms with Crippen molar-refractivity contribution in [3.05, 3.63) is 0 Å². The van der Waals surface area contributed by atoms with Gasteiger partial charge >= 0.3 is 0 Å². The van der Waals surface area contributed by atoms with Crippen LogP contribution in [0.25, 0.3) is 0 Å². The smallest absolute Gasteiger partial charge is 0.214 e. The SMILES string of the molecule is CC(C)C(CN)NC[C@H](C)N1CCCCS1(=O)=O. The molecule has 3 N–H and O–H groups in total. The number of rotatable bonds is 6. The molecule has 1 rings (SSSR count). The molecule has 1 heterocycles. The fourth-order valence-corrected chi connectivity index (χ4v) is 4.15. The van der Waals surface area contributed by atoms with Gasteiger partial charge in [0.25, 0.3) is 0 Å². The van der Waals surface area contributed by atoms with Gasteiger partial charge in [0.2, 0.25) is 10.0 Å². The first-order valence-corrected chi connectivity index (χ1v) is 8.42. The molecular formula is C12H27N3O2S. The van der Waals surface area contributed by atoms with E-state index in [-0.39, 0.29) is 12.1 Å². The molecule has 0 bridgehead atoms. The van der Waals surface area contributed by atoms with Crippen molar-refractivity contribution in [2.45, 2.75) is 45.7 Å². The summed E-state index contributed by atoms with van der Waals surface area (Å²) in [5.41, 5.74) is 5.70. The fraction of sp³-hybridized carbons (Fsp3) is 1.00. The molecule has 1 fully saturated rings. The molecule has 2 atom stereocenters. The summed E-state index contributed by atoms with van der Waals surface area (Å²) >= 11 is 0. The Labute approximate surface area is 111 Å². The van der Waals surface area contributed by atoms with E-state index >= 15 is 0 Å². The number of hydrogen-bond donors (Lipinski definition) is 2. The Bertz CT molecular complexity index is 343. The summed E-state index contributed by atoms with van der Waals surface area (Å²) in [7, 11) is -3.04. The van der Waals surface area contributed by atoms with Crippen LogP contribution in [0.15, 0.2) is 0 Å². The van der Waals surface area contributed by atoms with Crippen molar-refractivity contribution in [1.82, 2.24) is 9.62 Å². The van der Waals surface area contributed by atoms with Crippen LogP contribution in [0.2, 0.25) is 0 Å². The van der Waals surface area contributed by atoms with Gasteiger partial charge in [-0.15, -0.1) is 0 Å². The van der Waals surface area contributed by atoms with Gasteiger partial charge in [0, 0.05) is 31.7 Å². The Balaban J connectivity index is 2.51. The lowest BCUT2D eigenvalue weighted by Gasteiger charge is -2.33. The molecule has 1 aliphatic heterocycles. The van der Waals surface area contributed by atoms with E-state index in [0.717, 1.165) is 12.8 Å². The monoisotopic (exact) mass is 277 g/mol. The maximum Gasteiger partial charge on any atom is 0.214 e. The predicted octanol–water partition coefficient (Wildman–Crippen LogP) is 0.373. The predicted molar refractivity (Wildman–Crippen MR) is 74.9 cm³/mol.